The molecule has 1 rings (SSSR count). The number of nitrogens with zero attached hydrogens (tertiary/aromatic N) is 2. The first kappa shape index (κ1) is 9.30. The van der Waals surface area contributed by atoms with Gasteiger partial charge in [-0.05, 0) is 24.8 Å². The average Bonchev–Trinajstić information content (AvgIpc) is 2.32. The van der Waals surface area contributed by atoms with Gasteiger partial charge in [-0.25, -0.2) is 0 Å². The van der Waals surface area contributed by atoms with E-state index >= 15 is 0 Å². The summed E-state index contributed by atoms with van der Waals surface area (Å²) in [5.41, 5.74) is 2.56. The summed E-state index contributed by atoms with van der Waals surface area (Å²) < 4.78 is 2.05. The van der Waals surface area contributed by atoms with Crippen molar-refractivity contribution in [2.75, 3.05) is 0 Å². The zero-order chi connectivity index (χ0) is 9.14. The Morgan fingerprint density at radius 1 is 1.50 bits per heavy atom. The van der Waals surface area contributed by atoms with Crippen LogP contribution in [-0.2, 0) is 6.54 Å². The van der Waals surface area contributed by atoms with E-state index in [1.54, 1.807) is 0 Å². The van der Waals surface area contributed by atoms with E-state index in [0.29, 0.717) is 5.92 Å². The van der Waals surface area contributed by atoms with Crippen molar-refractivity contribution in [3.8, 4) is 0 Å². The van der Waals surface area contributed by atoms with Crippen LogP contribution in [-0.4, -0.2) is 9.78 Å². The van der Waals surface area contributed by atoms with Gasteiger partial charge in [0.1, 0.15) is 0 Å². The first-order valence-electron chi connectivity index (χ1n) is 4.69. The summed E-state index contributed by atoms with van der Waals surface area (Å²) in [6.07, 6.45) is 3.29. The van der Waals surface area contributed by atoms with Crippen LogP contribution in [0.4, 0.5) is 0 Å². The molecule has 0 N–H and O–H groups in total. The van der Waals surface area contributed by atoms with Crippen molar-refractivity contribution in [1.82, 2.24) is 9.78 Å². The third-order valence-electron chi connectivity index (χ3n) is 1.98. The molecule has 0 bridgehead atoms. The van der Waals surface area contributed by atoms with E-state index in [1.165, 1.54) is 11.3 Å². The molecular formula is C10H18N2. The third kappa shape index (κ3) is 1.87. The van der Waals surface area contributed by atoms with Gasteiger partial charge in [0.15, 0.2) is 0 Å². The molecule has 1 aromatic heterocycles. The highest BCUT2D eigenvalue weighted by atomic mass is 15.3. The molecule has 0 aliphatic rings. The van der Waals surface area contributed by atoms with E-state index in [-0.39, 0.29) is 0 Å². The Kier molecular flexibility index (Phi) is 2.90. The molecule has 0 unspecified atom stereocenters. The normalized spacial score (nSPS) is 11.1. The number of rotatable bonds is 3. The predicted molar refractivity (Wildman–Crippen MR) is 51.3 cm³/mol. The topological polar surface area (TPSA) is 17.8 Å². The van der Waals surface area contributed by atoms with E-state index in [9.17, 15) is 0 Å². The van der Waals surface area contributed by atoms with Crippen LogP contribution in [0.1, 0.15) is 44.4 Å². The standard InChI is InChI=1S/C10H18N2/c1-5-6-12-7-9(4)10(11-12)8(2)3/h7-8H,5-6H2,1-4H3. The van der Waals surface area contributed by atoms with Crippen LogP contribution in [0.3, 0.4) is 0 Å². The van der Waals surface area contributed by atoms with Gasteiger partial charge in [0, 0.05) is 12.7 Å². The van der Waals surface area contributed by atoms with Crippen molar-refractivity contribution in [2.24, 2.45) is 0 Å². The molecular weight excluding hydrogens is 148 g/mol. The minimum absolute atomic E-state index is 0.545. The molecule has 0 aliphatic heterocycles. The summed E-state index contributed by atoms with van der Waals surface area (Å²) in [6, 6.07) is 0. The molecule has 1 aromatic rings. The van der Waals surface area contributed by atoms with Crippen LogP contribution in [0.5, 0.6) is 0 Å². The molecule has 0 atom stereocenters. The molecule has 0 radical (unpaired) electrons. The smallest absolute Gasteiger partial charge is 0.0679 e. The van der Waals surface area contributed by atoms with E-state index in [1.807, 2.05) is 4.68 Å². The fourth-order valence-corrected chi connectivity index (χ4v) is 1.45. The lowest BCUT2D eigenvalue weighted by molar-refractivity contribution is 0.588. The summed E-state index contributed by atoms with van der Waals surface area (Å²) >= 11 is 0. The summed E-state index contributed by atoms with van der Waals surface area (Å²) in [5, 5.41) is 4.52. The van der Waals surface area contributed by atoms with E-state index < -0.39 is 0 Å². The fourth-order valence-electron chi connectivity index (χ4n) is 1.45. The van der Waals surface area contributed by atoms with Crippen LogP contribution in [0.25, 0.3) is 0 Å². The second-order valence-electron chi connectivity index (χ2n) is 3.62. The Labute approximate surface area is 74.6 Å². The van der Waals surface area contributed by atoms with Gasteiger partial charge in [0.25, 0.3) is 0 Å². The van der Waals surface area contributed by atoms with E-state index in [0.717, 1.165) is 13.0 Å². The maximum Gasteiger partial charge on any atom is 0.0679 e. The number of aromatic nitrogens is 2. The number of hydrogen-bond acceptors (Lipinski definition) is 1. The van der Waals surface area contributed by atoms with Crippen LogP contribution in [0.15, 0.2) is 6.20 Å². The second-order valence-corrected chi connectivity index (χ2v) is 3.62. The molecule has 68 valence electrons. The minimum atomic E-state index is 0.545. The molecule has 0 fully saturated rings. The van der Waals surface area contributed by atoms with Gasteiger partial charge in [0.2, 0.25) is 0 Å². The lowest BCUT2D eigenvalue weighted by Crippen LogP contribution is -1.98. The summed E-state index contributed by atoms with van der Waals surface area (Å²) in [6.45, 7) is 9.71. The Morgan fingerprint density at radius 3 is 2.58 bits per heavy atom. The monoisotopic (exact) mass is 166 g/mol. The maximum absolute atomic E-state index is 4.52. The molecule has 0 aliphatic carbocycles. The van der Waals surface area contributed by atoms with Gasteiger partial charge in [0.05, 0.1) is 5.69 Å². The van der Waals surface area contributed by atoms with Gasteiger partial charge in [-0.15, -0.1) is 0 Å². The van der Waals surface area contributed by atoms with Crippen molar-refractivity contribution < 1.29 is 0 Å². The second kappa shape index (κ2) is 3.74. The van der Waals surface area contributed by atoms with Crippen molar-refractivity contribution in [3.05, 3.63) is 17.5 Å². The van der Waals surface area contributed by atoms with Gasteiger partial charge < -0.3 is 0 Å². The van der Waals surface area contributed by atoms with E-state index in [2.05, 4.69) is 39.0 Å². The average molecular weight is 166 g/mol. The Morgan fingerprint density at radius 2 is 2.17 bits per heavy atom. The lowest BCUT2D eigenvalue weighted by atomic mass is 10.1. The lowest BCUT2D eigenvalue weighted by Gasteiger charge is -2.00. The van der Waals surface area contributed by atoms with E-state index in [4.69, 9.17) is 0 Å². The van der Waals surface area contributed by atoms with Gasteiger partial charge in [-0.3, -0.25) is 4.68 Å². The fraction of sp³-hybridized carbons (Fsp3) is 0.700. The van der Waals surface area contributed by atoms with Gasteiger partial charge in [-0.2, -0.15) is 5.10 Å². The quantitative estimate of drug-likeness (QED) is 0.675. The highest BCUT2D eigenvalue weighted by Gasteiger charge is 2.07. The van der Waals surface area contributed by atoms with Crippen LogP contribution in [0.2, 0.25) is 0 Å². The zero-order valence-electron chi connectivity index (χ0n) is 8.46. The molecule has 2 heteroatoms. The Bertz CT molecular complexity index is 248. The maximum atomic E-state index is 4.52. The molecule has 1 heterocycles. The first-order valence-corrected chi connectivity index (χ1v) is 4.69. The Balaban J connectivity index is 2.85. The molecule has 0 amide bonds. The van der Waals surface area contributed by atoms with Crippen molar-refractivity contribution in [2.45, 2.75) is 46.6 Å². The number of aryl methyl sites for hydroxylation is 2. The molecule has 0 saturated heterocycles. The largest absolute Gasteiger partial charge is 0.272 e. The predicted octanol–water partition coefficient (Wildman–Crippen LogP) is 2.72. The summed E-state index contributed by atoms with van der Waals surface area (Å²) in [4.78, 5) is 0. The van der Waals surface area contributed by atoms with Crippen LogP contribution < -0.4 is 0 Å². The molecule has 0 saturated carbocycles. The zero-order valence-corrected chi connectivity index (χ0v) is 8.46. The van der Waals surface area contributed by atoms with Crippen molar-refractivity contribution in [1.29, 1.82) is 0 Å². The summed E-state index contributed by atoms with van der Waals surface area (Å²) in [7, 11) is 0. The number of hydrogen-bond donors (Lipinski definition) is 0. The molecule has 0 spiro atoms. The van der Waals surface area contributed by atoms with Crippen LogP contribution >= 0.6 is 0 Å². The summed E-state index contributed by atoms with van der Waals surface area (Å²) in [5.74, 6) is 0.545. The van der Waals surface area contributed by atoms with Gasteiger partial charge >= 0.3 is 0 Å². The Hall–Kier alpha value is -0.790. The van der Waals surface area contributed by atoms with Crippen molar-refractivity contribution in [3.63, 3.8) is 0 Å². The van der Waals surface area contributed by atoms with Crippen molar-refractivity contribution >= 4 is 0 Å². The molecule has 12 heavy (non-hydrogen) atoms. The SMILES string of the molecule is CCCn1cc(C)c(C(C)C)n1. The minimum Gasteiger partial charge on any atom is -0.272 e. The molecule has 2 nitrogen and oxygen atoms in total. The highest BCUT2D eigenvalue weighted by molar-refractivity contribution is 5.17. The van der Waals surface area contributed by atoms with Gasteiger partial charge in [-0.1, -0.05) is 20.8 Å². The third-order valence-corrected chi connectivity index (χ3v) is 1.98. The first-order chi connectivity index (χ1) is 5.65. The molecule has 0 aromatic carbocycles. The highest BCUT2D eigenvalue weighted by Crippen LogP contribution is 2.16. The van der Waals surface area contributed by atoms with Crippen LogP contribution in [0, 0.1) is 6.92 Å².